The molecule has 2 rings (SSSR count). The number of aliphatic hydroxyl groups is 1. The molecule has 0 radical (unpaired) electrons. The summed E-state index contributed by atoms with van der Waals surface area (Å²) in [6.07, 6.45) is 3.57. The normalized spacial score (nSPS) is 23.6. The summed E-state index contributed by atoms with van der Waals surface area (Å²) in [7, 11) is 0. The van der Waals surface area contributed by atoms with E-state index < -0.39 is 0 Å². The summed E-state index contributed by atoms with van der Waals surface area (Å²) in [5, 5.41) is 12.5. The molecule has 2 atom stereocenters. The lowest BCUT2D eigenvalue weighted by Gasteiger charge is -2.27. The average Bonchev–Trinajstić information content (AvgIpc) is 2.37. The molecule has 0 saturated heterocycles. The van der Waals surface area contributed by atoms with Gasteiger partial charge in [0.2, 0.25) is 5.56 Å². The zero-order chi connectivity index (χ0) is 13.0. The van der Waals surface area contributed by atoms with Crippen molar-refractivity contribution < 1.29 is 9.90 Å². The van der Waals surface area contributed by atoms with Gasteiger partial charge in [0, 0.05) is 18.5 Å². The van der Waals surface area contributed by atoms with Crippen LogP contribution in [0.4, 0.5) is 0 Å². The van der Waals surface area contributed by atoms with Crippen molar-refractivity contribution in [1.29, 1.82) is 0 Å². The molecule has 2 unspecified atom stereocenters. The van der Waals surface area contributed by atoms with Crippen LogP contribution in [0.1, 0.15) is 36.2 Å². The van der Waals surface area contributed by atoms with Crippen LogP contribution in [0.15, 0.2) is 23.0 Å². The van der Waals surface area contributed by atoms with Gasteiger partial charge in [-0.05, 0) is 18.9 Å². The van der Waals surface area contributed by atoms with E-state index in [0.717, 1.165) is 25.7 Å². The fraction of sp³-hybridized carbons (Fsp3) is 0.538. The minimum atomic E-state index is -0.325. The van der Waals surface area contributed by atoms with Crippen LogP contribution >= 0.6 is 0 Å². The van der Waals surface area contributed by atoms with Gasteiger partial charge in [0.15, 0.2) is 0 Å². The van der Waals surface area contributed by atoms with Gasteiger partial charge < -0.3 is 15.4 Å². The highest BCUT2D eigenvalue weighted by molar-refractivity contribution is 5.92. The monoisotopic (exact) mass is 250 g/mol. The molecule has 0 bridgehead atoms. The number of hydrogen-bond acceptors (Lipinski definition) is 3. The van der Waals surface area contributed by atoms with Crippen LogP contribution in [-0.4, -0.2) is 28.6 Å². The van der Waals surface area contributed by atoms with E-state index in [-0.39, 0.29) is 29.2 Å². The lowest BCUT2D eigenvalue weighted by Crippen LogP contribution is -2.37. The van der Waals surface area contributed by atoms with Gasteiger partial charge in [-0.1, -0.05) is 18.9 Å². The summed E-state index contributed by atoms with van der Waals surface area (Å²) in [6.45, 7) is 0.455. The molecule has 18 heavy (non-hydrogen) atoms. The van der Waals surface area contributed by atoms with Gasteiger partial charge in [0.05, 0.1) is 6.10 Å². The molecular formula is C13H18N2O3. The van der Waals surface area contributed by atoms with Crippen molar-refractivity contribution in [1.82, 2.24) is 10.3 Å². The molecule has 98 valence electrons. The van der Waals surface area contributed by atoms with E-state index >= 15 is 0 Å². The first-order valence-corrected chi connectivity index (χ1v) is 6.32. The molecule has 0 spiro atoms. The van der Waals surface area contributed by atoms with Crippen LogP contribution in [0.5, 0.6) is 0 Å². The van der Waals surface area contributed by atoms with E-state index in [4.69, 9.17) is 0 Å². The van der Waals surface area contributed by atoms with Gasteiger partial charge in [0.1, 0.15) is 5.69 Å². The molecule has 1 fully saturated rings. The van der Waals surface area contributed by atoms with Crippen LogP contribution < -0.4 is 10.9 Å². The number of rotatable bonds is 3. The van der Waals surface area contributed by atoms with Crippen molar-refractivity contribution in [2.24, 2.45) is 5.92 Å². The molecule has 1 heterocycles. The van der Waals surface area contributed by atoms with Gasteiger partial charge >= 0.3 is 0 Å². The first-order valence-electron chi connectivity index (χ1n) is 6.32. The fourth-order valence-corrected chi connectivity index (χ4v) is 2.33. The van der Waals surface area contributed by atoms with E-state index in [1.54, 1.807) is 12.1 Å². The molecule has 1 aromatic heterocycles. The SMILES string of the molecule is O=C(NCC1CCCCC1O)c1cccc(=O)[nH]1. The van der Waals surface area contributed by atoms with Gasteiger partial charge in [0.25, 0.3) is 5.91 Å². The van der Waals surface area contributed by atoms with Crippen LogP contribution in [-0.2, 0) is 0 Å². The van der Waals surface area contributed by atoms with Crippen LogP contribution in [0.25, 0.3) is 0 Å². The molecule has 5 heteroatoms. The van der Waals surface area contributed by atoms with E-state index in [0.29, 0.717) is 6.54 Å². The number of aromatic amines is 1. The molecule has 0 aromatic carbocycles. The maximum Gasteiger partial charge on any atom is 0.267 e. The standard InChI is InChI=1S/C13H18N2O3/c16-11-6-2-1-4-9(11)8-14-13(18)10-5-3-7-12(17)15-10/h3,5,7,9,11,16H,1-2,4,6,8H2,(H,14,18)(H,15,17). The van der Waals surface area contributed by atoms with Crippen molar-refractivity contribution in [3.8, 4) is 0 Å². The van der Waals surface area contributed by atoms with E-state index in [1.165, 1.54) is 6.07 Å². The quantitative estimate of drug-likeness (QED) is 0.737. The predicted molar refractivity (Wildman–Crippen MR) is 67.4 cm³/mol. The number of nitrogens with one attached hydrogen (secondary N) is 2. The molecule has 3 N–H and O–H groups in total. The maximum absolute atomic E-state index is 11.8. The van der Waals surface area contributed by atoms with Crippen molar-refractivity contribution in [3.63, 3.8) is 0 Å². The molecule has 1 amide bonds. The van der Waals surface area contributed by atoms with E-state index in [9.17, 15) is 14.7 Å². The number of pyridine rings is 1. The average molecular weight is 250 g/mol. The number of aromatic nitrogens is 1. The molecule has 1 aliphatic carbocycles. The topological polar surface area (TPSA) is 82.2 Å². The highest BCUT2D eigenvalue weighted by atomic mass is 16.3. The highest BCUT2D eigenvalue weighted by Gasteiger charge is 2.23. The Labute approximate surface area is 105 Å². The van der Waals surface area contributed by atoms with Gasteiger partial charge in [-0.15, -0.1) is 0 Å². The Kier molecular flexibility index (Phi) is 4.15. The second-order valence-electron chi connectivity index (χ2n) is 4.75. The summed E-state index contributed by atoms with van der Waals surface area (Å²) in [5.74, 6) is -0.177. The molecule has 1 saturated carbocycles. The third-order valence-electron chi connectivity index (χ3n) is 3.41. The Balaban J connectivity index is 1.90. The van der Waals surface area contributed by atoms with E-state index in [1.807, 2.05) is 0 Å². The molecule has 1 aromatic rings. The molecule has 0 aliphatic heterocycles. The fourth-order valence-electron chi connectivity index (χ4n) is 2.33. The van der Waals surface area contributed by atoms with Crippen LogP contribution in [0.2, 0.25) is 0 Å². The van der Waals surface area contributed by atoms with Gasteiger partial charge in [-0.2, -0.15) is 0 Å². The first kappa shape index (κ1) is 12.8. The minimum Gasteiger partial charge on any atom is -0.393 e. The van der Waals surface area contributed by atoms with E-state index in [2.05, 4.69) is 10.3 Å². The maximum atomic E-state index is 11.8. The summed E-state index contributed by atoms with van der Waals surface area (Å²) < 4.78 is 0. The number of carbonyl (C=O) groups is 1. The Hall–Kier alpha value is -1.62. The van der Waals surface area contributed by atoms with Crippen molar-refractivity contribution in [3.05, 3.63) is 34.2 Å². The van der Waals surface area contributed by atoms with Gasteiger partial charge in [-0.25, -0.2) is 0 Å². The predicted octanol–water partition coefficient (Wildman–Crippen LogP) is 0.656. The first-order chi connectivity index (χ1) is 8.66. The molecule has 5 nitrogen and oxygen atoms in total. The van der Waals surface area contributed by atoms with Crippen molar-refractivity contribution in [2.75, 3.05) is 6.54 Å². The summed E-state index contributed by atoms with van der Waals surface area (Å²) in [6, 6.07) is 4.47. The second-order valence-corrected chi connectivity index (χ2v) is 4.75. The zero-order valence-electron chi connectivity index (χ0n) is 10.2. The molecular weight excluding hydrogens is 232 g/mol. The number of hydrogen-bond donors (Lipinski definition) is 3. The van der Waals surface area contributed by atoms with Gasteiger partial charge in [-0.3, -0.25) is 9.59 Å². The number of amides is 1. The van der Waals surface area contributed by atoms with Crippen LogP contribution in [0, 0.1) is 5.92 Å². The van der Waals surface area contributed by atoms with Crippen LogP contribution in [0.3, 0.4) is 0 Å². The second kappa shape index (κ2) is 5.82. The smallest absolute Gasteiger partial charge is 0.267 e. The summed E-state index contributed by atoms with van der Waals surface area (Å²) in [4.78, 5) is 25.3. The molecule has 1 aliphatic rings. The Bertz CT molecular complexity index is 469. The minimum absolute atomic E-state index is 0.123. The van der Waals surface area contributed by atoms with Crippen molar-refractivity contribution >= 4 is 5.91 Å². The number of H-pyrrole nitrogens is 1. The Morgan fingerprint density at radius 1 is 1.39 bits per heavy atom. The summed E-state index contributed by atoms with van der Waals surface area (Å²) >= 11 is 0. The Morgan fingerprint density at radius 2 is 2.17 bits per heavy atom. The summed E-state index contributed by atoms with van der Waals surface area (Å²) in [5.41, 5.74) is -0.0341. The highest BCUT2D eigenvalue weighted by Crippen LogP contribution is 2.23. The number of aliphatic hydroxyl groups excluding tert-OH is 1. The largest absolute Gasteiger partial charge is 0.393 e. The Morgan fingerprint density at radius 3 is 2.89 bits per heavy atom. The lowest BCUT2D eigenvalue weighted by molar-refractivity contribution is 0.0661. The third-order valence-corrected chi connectivity index (χ3v) is 3.41. The third kappa shape index (κ3) is 3.20. The van der Waals surface area contributed by atoms with Crippen molar-refractivity contribution in [2.45, 2.75) is 31.8 Å². The lowest BCUT2D eigenvalue weighted by atomic mass is 9.86. The number of carbonyl (C=O) groups excluding carboxylic acids is 1. The zero-order valence-corrected chi connectivity index (χ0v) is 10.2.